The molecule has 12 heteroatoms. The van der Waals surface area contributed by atoms with Crippen molar-refractivity contribution in [2.75, 3.05) is 0 Å². The summed E-state index contributed by atoms with van der Waals surface area (Å²) in [4.78, 5) is 3.00. The highest BCUT2D eigenvalue weighted by Crippen LogP contribution is 2.35. The Kier molecular flexibility index (Phi) is 5.03. The van der Waals surface area contributed by atoms with Crippen molar-refractivity contribution in [3.8, 4) is 5.75 Å². The van der Waals surface area contributed by atoms with E-state index in [-0.39, 0.29) is 6.07 Å². The zero-order valence-corrected chi connectivity index (χ0v) is 11.4. The minimum atomic E-state index is -5.23. The molecule has 0 aromatic carbocycles. The molecule has 0 saturated carbocycles. The van der Waals surface area contributed by atoms with Gasteiger partial charge in [-0.3, -0.25) is 0 Å². The Morgan fingerprint density at radius 3 is 2.25 bits per heavy atom. The number of aromatic nitrogens is 1. The fourth-order valence-electron chi connectivity index (χ4n) is 1.20. The molecule has 0 aliphatic rings. The lowest BCUT2D eigenvalue weighted by atomic mass is 10.2. The summed E-state index contributed by atoms with van der Waals surface area (Å²) in [7, 11) is 0.248. The van der Waals surface area contributed by atoms with Crippen molar-refractivity contribution in [3.63, 3.8) is 0 Å². The van der Waals surface area contributed by atoms with Gasteiger partial charge in [-0.2, -0.15) is 0 Å². The van der Waals surface area contributed by atoms with Crippen LogP contribution in [0.1, 0.15) is 17.7 Å². The predicted molar refractivity (Wildman–Crippen MR) is 58.5 cm³/mol. The summed E-state index contributed by atoms with van der Waals surface area (Å²) in [5, 5.41) is -1.20. The van der Waals surface area contributed by atoms with Gasteiger partial charge in [-0.15, -0.1) is 24.8 Å². The number of hydrogen-bond acceptors (Lipinski definition) is 4. The topological polar surface area (TPSA) is 56.3 Å². The van der Waals surface area contributed by atoms with Gasteiger partial charge >= 0.3 is 6.36 Å². The van der Waals surface area contributed by atoms with E-state index in [9.17, 15) is 30.4 Å². The van der Waals surface area contributed by atoms with Gasteiger partial charge in [0.15, 0.2) is 5.03 Å². The summed E-state index contributed by atoms with van der Waals surface area (Å²) in [5.41, 5.74) is -2.00. The number of rotatable bonds is 4. The number of halogens is 7. The molecule has 0 saturated heterocycles. The third kappa shape index (κ3) is 4.32. The van der Waals surface area contributed by atoms with E-state index in [1.54, 1.807) is 0 Å². The van der Waals surface area contributed by atoms with E-state index in [4.69, 9.17) is 22.3 Å². The monoisotopic (exact) mass is 359 g/mol. The molecule has 0 bridgehead atoms. The molecule has 0 fully saturated rings. The molecule has 0 atom stereocenters. The first-order valence-corrected chi connectivity index (χ1v) is 7.38. The van der Waals surface area contributed by atoms with Gasteiger partial charge in [0.2, 0.25) is 0 Å². The van der Waals surface area contributed by atoms with Crippen LogP contribution in [0.15, 0.2) is 11.1 Å². The van der Waals surface area contributed by atoms with Gasteiger partial charge < -0.3 is 4.74 Å². The zero-order chi connectivity index (χ0) is 15.7. The molecule has 0 amide bonds. The number of pyridine rings is 1. The Morgan fingerprint density at radius 1 is 1.35 bits per heavy atom. The molecular weight excluding hydrogens is 356 g/mol. The lowest BCUT2D eigenvalue weighted by Crippen LogP contribution is -2.19. The van der Waals surface area contributed by atoms with Crippen molar-refractivity contribution in [3.05, 3.63) is 17.3 Å². The third-order valence-electron chi connectivity index (χ3n) is 1.88. The molecule has 0 aliphatic carbocycles. The van der Waals surface area contributed by atoms with Gasteiger partial charge in [0.25, 0.3) is 15.5 Å². The van der Waals surface area contributed by atoms with E-state index in [0.29, 0.717) is 0 Å². The van der Waals surface area contributed by atoms with Gasteiger partial charge in [0.05, 0.1) is 5.88 Å². The molecule has 20 heavy (non-hydrogen) atoms. The summed E-state index contributed by atoms with van der Waals surface area (Å²) in [6.45, 7) is 0. The highest BCUT2D eigenvalue weighted by atomic mass is 35.7. The van der Waals surface area contributed by atoms with Crippen LogP contribution in [0, 0.1) is 0 Å². The van der Waals surface area contributed by atoms with E-state index in [2.05, 4.69) is 9.72 Å². The standard InChI is InChI=1S/C8H4Cl2F5NO3S/c9-2-3-5(19-8(13,14)15)1-4(6(11)12)16-7(3)20(10,17)18/h1,6H,2H2. The molecule has 0 radical (unpaired) electrons. The van der Waals surface area contributed by atoms with E-state index >= 15 is 0 Å². The number of nitrogens with zero attached hydrogens (tertiary/aromatic N) is 1. The largest absolute Gasteiger partial charge is 0.573 e. The van der Waals surface area contributed by atoms with Crippen molar-refractivity contribution in [2.24, 2.45) is 0 Å². The average molecular weight is 360 g/mol. The third-order valence-corrected chi connectivity index (χ3v) is 3.38. The van der Waals surface area contributed by atoms with E-state index in [1.807, 2.05) is 0 Å². The summed E-state index contributed by atoms with van der Waals surface area (Å²) < 4.78 is 87.3. The van der Waals surface area contributed by atoms with Gasteiger partial charge in [-0.1, -0.05) is 0 Å². The normalized spacial score (nSPS) is 12.8. The van der Waals surface area contributed by atoms with Gasteiger partial charge in [-0.05, 0) is 0 Å². The Labute approximate surface area is 118 Å². The van der Waals surface area contributed by atoms with Crippen molar-refractivity contribution >= 4 is 31.3 Å². The fourth-order valence-corrected chi connectivity index (χ4v) is 2.60. The number of hydrogen-bond donors (Lipinski definition) is 0. The van der Waals surface area contributed by atoms with E-state index in [1.165, 1.54) is 0 Å². The Bertz CT molecular complexity index is 605. The van der Waals surface area contributed by atoms with E-state index in [0.717, 1.165) is 0 Å². The minimum Gasteiger partial charge on any atom is -0.405 e. The van der Waals surface area contributed by atoms with Crippen molar-refractivity contribution < 1.29 is 35.1 Å². The summed E-state index contributed by atoms with van der Waals surface area (Å²) >= 11 is 5.31. The number of ether oxygens (including phenoxy) is 1. The Morgan fingerprint density at radius 2 is 1.90 bits per heavy atom. The first kappa shape index (κ1) is 17.2. The second-order valence-corrected chi connectivity index (χ2v) is 6.00. The van der Waals surface area contributed by atoms with Crippen molar-refractivity contribution in [2.45, 2.75) is 23.7 Å². The second-order valence-electron chi connectivity index (χ2n) is 3.25. The van der Waals surface area contributed by atoms with Crippen molar-refractivity contribution in [1.82, 2.24) is 4.98 Å². The minimum absolute atomic E-state index is 0.251. The molecule has 0 unspecified atom stereocenters. The zero-order valence-electron chi connectivity index (χ0n) is 9.09. The summed E-state index contributed by atoms with van der Waals surface area (Å²) in [5.74, 6) is -1.99. The molecule has 1 rings (SSSR count). The van der Waals surface area contributed by atoms with Crippen LogP contribution in [0.4, 0.5) is 22.0 Å². The molecule has 0 N–H and O–H groups in total. The lowest BCUT2D eigenvalue weighted by Gasteiger charge is -2.15. The smallest absolute Gasteiger partial charge is 0.405 e. The fraction of sp³-hybridized carbons (Fsp3) is 0.375. The molecule has 1 aromatic rings. The van der Waals surface area contributed by atoms with Crippen LogP contribution in [0.3, 0.4) is 0 Å². The van der Waals surface area contributed by atoms with Crippen LogP contribution < -0.4 is 4.74 Å². The quantitative estimate of drug-likeness (QED) is 0.468. The number of alkyl halides is 6. The molecule has 4 nitrogen and oxygen atoms in total. The van der Waals surface area contributed by atoms with Gasteiger partial charge in [-0.25, -0.2) is 22.2 Å². The average Bonchev–Trinajstić information content (AvgIpc) is 2.24. The van der Waals surface area contributed by atoms with Crippen LogP contribution in [0.2, 0.25) is 0 Å². The predicted octanol–water partition coefficient (Wildman–Crippen LogP) is 3.58. The molecule has 1 heterocycles. The van der Waals surface area contributed by atoms with Crippen LogP contribution in [-0.4, -0.2) is 19.8 Å². The van der Waals surface area contributed by atoms with Gasteiger partial charge in [0, 0.05) is 22.3 Å². The van der Waals surface area contributed by atoms with Crippen LogP contribution in [0.5, 0.6) is 5.75 Å². The maximum Gasteiger partial charge on any atom is 0.573 e. The summed E-state index contributed by atoms with van der Waals surface area (Å²) in [6, 6.07) is 0.251. The second kappa shape index (κ2) is 5.86. The molecular formula is C8H4Cl2F5NO3S. The first-order valence-electron chi connectivity index (χ1n) is 4.54. The maximum absolute atomic E-state index is 12.5. The maximum atomic E-state index is 12.5. The molecule has 114 valence electrons. The molecule has 0 spiro atoms. The van der Waals surface area contributed by atoms with Gasteiger partial charge in [0.1, 0.15) is 11.4 Å². The Hall–Kier alpha value is -0.870. The van der Waals surface area contributed by atoms with Crippen LogP contribution in [0.25, 0.3) is 0 Å². The molecule has 1 aromatic heterocycles. The highest BCUT2D eigenvalue weighted by molar-refractivity contribution is 8.13. The lowest BCUT2D eigenvalue weighted by molar-refractivity contribution is -0.275. The SMILES string of the molecule is O=S(=O)(Cl)c1nc(C(F)F)cc(OC(F)(F)F)c1CCl. The first-order chi connectivity index (χ1) is 8.95. The summed E-state index contributed by atoms with van der Waals surface area (Å²) in [6.07, 6.45) is -8.55. The van der Waals surface area contributed by atoms with Crippen LogP contribution in [-0.2, 0) is 14.9 Å². The highest BCUT2D eigenvalue weighted by Gasteiger charge is 2.35. The Balaban J connectivity index is 3.60. The van der Waals surface area contributed by atoms with Crippen molar-refractivity contribution in [1.29, 1.82) is 0 Å². The van der Waals surface area contributed by atoms with E-state index < -0.39 is 49.8 Å². The molecule has 0 aliphatic heterocycles. The van der Waals surface area contributed by atoms with Crippen LogP contribution >= 0.6 is 22.3 Å².